The van der Waals surface area contributed by atoms with Gasteiger partial charge in [-0.2, -0.15) is 10.2 Å². The SMILES string of the molecule is C1=CSN(C2C=CN(C3=NNC=CC3)N=C2C2=CSC=CN2)C=C1. The van der Waals surface area contributed by atoms with Crippen molar-refractivity contribution in [2.24, 2.45) is 10.2 Å². The molecular weight excluding hydrogens is 340 g/mol. The minimum Gasteiger partial charge on any atom is -0.359 e. The second kappa shape index (κ2) is 7.06. The van der Waals surface area contributed by atoms with Crippen molar-refractivity contribution in [1.82, 2.24) is 20.1 Å². The maximum Gasteiger partial charge on any atom is 0.153 e. The molecular formula is C16H16N6S2. The van der Waals surface area contributed by atoms with E-state index in [-0.39, 0.29) is 6.04 Å². The van der Waals surface area contributed by atoms with Crippen molar-refractivity contribution in [2.75, 3.05) is 0 Å². The lowest BCUT2D eigenvalue weighted by Crippen LogP contribution is -2.41. The summed E-state index contributed by atoms with van der Waals surface area (Å²) in [6.45, 7) is 0. The highest BCUT2D eigenvalue weighted by Crippen LogP contribution is 2.27. The normalized spacial score (nSPS) is 25.0. The predicted octanol–water partition coefficient (Wildman–Crippen LogP) is 3.00. The largest absolute Gasteiger partial charge is 0.359 e. The number of nitrogens with one attached hydrogen (secondary N) is 2. The molecule has 4 aliphatic rings. The predicted molar refractivity (Wildman–Crippen MR) is 102 cm³/mol. The zero-order valence-electron chi connectivity index (χ0n) is 12.7. The van der Waals surface area contributed by atoms with Crippen molar-refractivity contribution in [2.45, 2.75) is 12.5 Å². The van der Waals surface area contributed by atoms with Gasteiger partial charge in [-0.05, 0) is 34.9 Å². The molecule has 0 saturated heterocycles. The summed E-state index contributed by atoms with van der Waals surface area (Å²) < 4.78 is 2.18. The van der Waals surface area contributed by atoms with Crippen molar-refractivity contribution in [3.8, 4) is 0 Å². The van der Waals surface area contributed by atoms with E-state index in [0.717, 1.165) is 23.7 Å². The Labute approximate surface area is 149 Å². The van der Waals surface area contributed by atoms with Gasteiger partial charge in [-0.25, -0.2) is 5.01 Å². The summed E-state index contributed by atoms with van der Waals surface area (Å²) in [7, 11) is 0. The van der Waals surface area contributed by atoms with Gasteiger partial charge in [0.1, 0.15) is 11.8 Å². The number of thioether (sulfide) groups is 1. The topological polar surface area (TPSA) is 55.3 Å². The molecule has 0 radical (unpaired) electrons. The monoisotopic (exact) mass is 356 g/mol. The molecule has 4 aliphatic heterocycles. The molecule has 0 aromatic carbocycles. The second-order valence-electron chi connectivity index (χ2n) is 5.13. The molecule has 0 aromatic heterocycles. The fraction of sp³-hybridized carbons (Fsp3) is 0.125. The Morgan fingerprint density at radius 1 is 1.17 bits per heavy atom. The molecule has 24 heavy (non-hydrogen) atoms. The van der Waals surface area contributed by atoms with Crippen LogP contribution in [-0.2, 0) is 0 Å². The molecule has 2 N–H and O–H groups in total. The first kappa shape index (κ1) is 15.2. The van der Waals surface area contributed by atoms with Crippen LogP contribution in [0, 0.1) is 0 Å². The third-order valence-electron chi connectivity index (χ3n) is 3.58. The number of nitrogens with zero attached hydrogens (tertiary/aromatic N) is 4. The lowest BCUT2D eigenvalue weighted by molar-refractivity contribution is 0.526. The Balaban J connectivity index is 1.64. The summed E-state index contributed by atoms with van der Waals surface area (Å²) in [5.41, 5.74) is 4.85. The summed E-state index contributed by atoms with van der Waals surface area (Å²) in [6.07, 6.45) is 16.8. The lowest BCUT2D eigenvalue weighted by Gasteiger charge is -2.33. The highest BCUT2D eigenvalue weighted by atomic mass is 32.2. The summed E-state index contributed by atoms with van der Waals surface area (Å²) in [5.74, 6) is 0.867. The molecule has 1 unspecified atom stereocenters. The van der Waals surface area contributed by atoms with E-state index < -0.39 is 0 Å². The average molecular weight is 356 g/mol. The van der Waals surface area contributed by atoms with Gasteiger partial charge in [0.05, 0.1) is 5.70 Å². The van der Waals surface area contributed by atoms with E-state index >= 15 is 0 Å². The van der Waals surface area contributed by atoms with E-state index in [1.165, 1.54) is 0 Å². The number of hydrazone groups is 2. The quantitative estimate of drug-likeness (QED) is 0.742. The van der Waals surface area contributed by atoms with E-state index in [9.17, 15) is 0 Å². The summed E-state index contributed by atoms with van der Waals surface area (Å²) >= 11 is 3.30. The molecule has 0 spiro atoms. The minimum atomic E-state index is 0.0472. The van der Waals surface area contributed by atoms with E-state index in [1.807, 2.05) is 47.2 Å². The molecule has 4 rings (SSSR count). The van der Waals surface area contributed by atoms with Gasteiger partial charge in [-0.1, -0.05) is 12.2 Å². The number of allylic oxidation sites excluding steroid dienone is 2. The number of hydrogen-bond donors (Lipinski definition) is 2. The van der Waals surface area contributed by atoms with Crippen LogP contribution >= 0.6 is 23.7 Å². The molecule has 122 valence electrons. The lowest BCUT2D eigenvalue weighted by atomic mass is 10.1. The van der Waals surface area contributed by atoms with Gasteiger partial charge in [0.25, 0.3) is 0 Å². The highest BCUT2D eigenvalue weighted by molar-refractivity contribution is 8.05. The van der Waals surface area contributed by atoms with Gasteiger partial charge in [0.2, 0.25) is 0 Å². The Hall–Kier alpha value is -2.32. The zero-order chi connectivity index (χ0) is 16.2. The van der Waals surface area contributed by atoms with Gasteiger partial charge >= 0.3 is 0 Å². The van der Waals surface area contributed by atoms with Crippen LogP contribution in [0.2, 0.25) is 0 Å². The summed E-state index contributed by atoms with van der Waals surface area (Å²) in [4.78, 5) is 0. The van der Waals surface area contributed by atoms with E-state index in [4.69, 9.17) is 5.10 Å². The van der Waals surface area contributed by atoms with Crippen LogP contribution in [0.1, 0.15) is 6.42 Å². The van der Waals surface area contributed by atoms with Crippen molar-refractivity contribution < 1.29 is 0 Å². The maximum absolute atomic E-state index is 4.85. The molecule has 0 bridgehead atoms. The average Bonchev–Trinajstić information content (AvgIpc) is 2.69. The van der Waals surface area contributed by atoms with Crippen LogP contribution in [0.25, 0.3) is 0 Å². The molecule has 1 atom stereocenters. The Morgan fingerprint density at radius 2 is 2.17 bits per heavy atom. The first-order valence-corrected chi connectivity index (χ1v) is 9.29. The molecule has 0 saturated carbocycles. The van der Waals surface area contributed by atoms with Gasteiger partial charge in [-0.15, -0.1) is 11.8 Å². The molecule has 6 nitrogen and oxygen atoms in total. The fourth-order valence-electron chi connectivity index (χ4n) is 2.46. The second-order valence-corrected chi connectivity index (χ2v) is 6.81. The molecule has 0 aromatic rings. The van der Waals surface area contributed by atoms with Crippen molar-refractivity contribution in [3.05, 3.63) is 71.0 Å². The summed E-state index contributed by atoms with van der Waals surface area (Å²) in [6, 6.07) is 0.0472. The van der Waals surface area contributed by atoms with E-state index in [2.05, 4.69) is 43.2 Å². The Morgan fingerprint density at radius 3 is 2.92 bits per heavy atom. The molecule has 8 heteroatoms. The van der Waals surface area contributed by atoms with Crippen molar-refractivity contribution in [3.63, 3.8) is 0 Å². The third kappa shape index (κ3) is 3.15. The van der Waals surface area contributed by atoms with Crippen LogP contribution in [0.15, 0.2) is 81.2 Å². The van der Waals surface area contributed by atoms with Crippen molar-refractivity contribution in [1.29, 1.82) is 0 Å². The van der Waals surface area contributed by atoms with Gasteiger partial charge in [0.15, 0.2) is 5.84 Å². The van der Waals surface area contributed by atoms with Gasteiger partial charge < -0.3 is 9.62 Å². The standard InChI is InChI=1S/C16H16N6S2/c1-2-10-24-22(8-1)14-5-9-21(15-4-3-6-18-19-15)20-16(14)13-12-23-11-7-17-13/h1-3,5-12,14,17-18H,4H2. The summed E-state index contributed by atoms with van der Waals surface area (Å²) in [5, 5.41) is 20.5. The van der Waals surface area contributed by atoms with Crippen LogP contribution in [0.4, 0.5) is 0 Å². The third-order valence-corrected chi connectivity index (χ3v) is 5.12. The highest BCUT2D eigenvalue weighted by Gasteiger charge is 2.28. The van der Waals surface area contributed by atoms with Crippen LogP contribution in [-0.4, -0.2) is 26.9 Å². The fourth-order valence-corrected chi connectivity index (χ4v) is 3.76. The molecule has 0 amide bonds. The maximum atomic E-state index is 4.85. The van der Waals surface area contributed by atoms with E-state index in [1.54, 1.807) is 23.7 Å². The molecule has 0 aliphatic carbocycles. The number of amidine groups is 1. The molecule has 0 fully saturated rings. The van der Waals surface area contributed by atoms with Gasteiger partial charge in [0, 0.05) is 36.6 Å². The Kier molecular flexibility index (Phi) is 4.48. The Bertz CT molecular complexity index is 744. The van der Waals surface area contributed by atoms with Crippen LogP contribution < -0.4 is 10.7 Å². The first-order valence-electron chi connectivity index (χ1n) is 7.51. The van der Waals surface area contributed by atoms with Gasteiger partial charge in [-0.3, -0.25) is 5.43 Å². The zero-order valence-corrected chi connectivity index (χ0v) is 14.4. The first-order chi connectivity index (χ1) is 11.9. The molecule has 4 heterocycles. The van der Waals surface area contributed by atoms with Crippen LogP contribution in [0.5, 0.6) is 0 Å². The minimum absolute atomic E-state index is 0.0472. The smallest absolute Gasteiger partial charge is 0.153 e. The number of rotatable bonds is 2. The van der Waals surface area contributed by atoms with E-state index in [0.29, 0.717) is 0 Å². The van der Waals surface area contributed by atoms with Crippen molar-refractivity contribution >= 4 is 35.3 Å². The van der Waals surface area contributed by atoms with Crippen LogP contribution in [0.3, 0.4) is 0 Å². The number of hydrogen-bond acceptors (Lipinski definition) is 8.